The van der Waals surface area contributed by atoms with Crippen LogP contribution in [0.25, 0.3) is 11.4 Å². The number of hydrogen-bond acceptors (Lipinski definition) is 4. The maximum absolute atomic E-state index is 5.69. The first-order chi connectivity index (χ1) is 8.61. The van der Waals surface area contributed by atoms with Gasteiger partial charge in [0.2, 0.25) is 11.7 Å². The zero-order chi connectivity index (χ0) is 13.1. The average Bonchev–Trinajstić information content (AvgIpc) is 2.75. The summed E-state index contributed by atoms with van der Waals surface area (Å²) in [5.74, 6) is 2.10. The normalized spacial score (nSPS) is 10.7. The Kier molecular flexibility index (Phi) is 3.65. The van der Waals surface area contributed by atoms with E-state index in [-0.39, 0.29) is 0 Å². The number of aromatic nitrogens is 2. The van der Waals surface area contributed by atoms with Crippen molar-refractivity contribution in [3.63, 3.8) is 0 Å². The van der Waals surface area contributed by atoms with E-state index in [0.717, 1.165) is 28.9 Å². The molecule has 2 aromatic rings. The quantitative estimate of drug-likeness (QED) is 0.829. The van der Waals surface area contributed by atoms with E-state index in [9.17, 15) is 0 Å². The highest BCUT2D eigenvalue weighted by Gasteiger charge is 2.11. The number of nitrogens with zero attached hydrogens (tertiary/aromatic N) is 2. The fraction of sp³-hybridized carbons (Fsp3) is 0.357. The van der Waals surface area contributed by atoms with Crippen molar-refractivity contribution in [3.8, 4) is 17.1 Å². The van der Waals surface area contributed by atoms with Gasteiger partial charge in [0.15, 0.2) is 0 Å². The second kappa shape index (κ2) is 5.21. The Morgan fingerprint density at radius 3 is 2.39 bits per heavy atom. The summed E-state index contributed by atoms with van der Waals surface area (Å²) in [6.45, 7) is 10.2. The van der Waals surface area contributed by atoms with Gasteiger partial charge in [-0.25, -0.2) is 0 Å². The van der Waals surface area contributed by atoms with Gasteiger partial charge in [-0.1, -0.05) is 5.16 Å². The Morgan fingerprint density at radius 1 is 1.22 bits per heavy atom. The van der Waals surface area contributed by atoms with E-state index in [2.05, 4.69) is 17.1 Å². The molecule has 0 spiro atoms. The maximum atomic E-state index is 5.69. The summed E-state index contributed by atoms with van der Waals surface area (Å²) in [5, 5.41) is 3.92. The van der Waals surface area contributed by atoms with Gasteiger partial charge in [-0.2, -0.15) is 4.98 Å². The van der Waals surface area contributed by atoms with Gasteiger partial charge in [-0.05, 0) is 50.5 Å². The van der Waals surface area contributed by atoms with E-state index in [1.807, 2.05) is 26.0 Å². The summed E-state index contributed by atoms with van der Waals surface area (Å²) in [6, 6.07) is 4.02. The van der Waals surface area contributed by atoms with Crippen molar-refractivity contribution in [1.82, 2.24) is 10.1 Å². The Balaban J connectivity index is 2.36. The second-order valence-electron chi connectivity index (χ2n) is 4.28. The zero-order valence-corrected chi connectivity index (χ0v) is 11.0. The molecule has 0 aliphatic rings. The lowest BCUT2D eigenvalue weighted by Gasteiger charge is -2.12. The van der Waals surface area contributed by atoms with Crippen LogP contribution in [0.3, 0.4) is 0 Å². The molecule has 95 valence electrons. The van der Waals surface area contributed by atoms with E-state index in [0.29, 0.717) is 18.3 Å². The van der Waals surface area contributed by atoms with Crippen LogP contribution >= 0.6 is 0 Å². The Hall–Kier alpha value is -1.84. The standard InChI is InChI=1S/C14H17N2O2/c1-5-6-17-13-9(2)7-12(8-10(13)3)14-15-11(4)18-16-14/h7-8H,1,5-6H2,2-4H3. The molecular weight excluding hydrogens is 228 g/mol. The molecule has 0 saturated heterocycles. The van der Waals surface area contributed by atoms with Crippen LogP contribution in [0.15, 0.2) is 16.7 Å². The van der Waals surface area contributed by atoms with Crippen LogP contribution in [0.1, 0.15) is 23.4 Å². The third-order valence-electron chi connectivity index (χ3n) is 2.64. The fourth-order valence-electron chi connectivity index (χ4n) is 1.90. The maximum Gasteiger partial charge on any atom is 0.223 e. The largest absolute Gasteiger partial charge is 0.493 e. The minimum Gasteiger partial charge on any atom is -0.493 e. The number of hydrogen-bond donors (Lipinski definition) is 0. The van der Waals surface area contributed by atoms with E-state index < -0.39 is 0 Å². The number of benzene rings is 1. The van der Waals surface area contributed by atoms with Crippen LogP contribution in [0.2, 0.25) is 0 Å². The van der Waals surface area contributed by atoms with Crippen LogP contribution in [-0.4, -0.2) is 16.7 Å². The lowest BCUT2D eigenvalue weighted by Crippen LogP contribution is -2.00. The van der Waals surface area contributed by atoms with E-state index >= 15 is 0 Å². The molecule has 0 N–H and O–H groups in total. The molecule has 1 heterocycles. The Bertz CT molecular complexity index is 523. The third-order valence-corrected chi connectivity index (χ3v) is 2.64. The van der Waals surface area contributed by atoms with Gasteiger partial charge in [-0.3, -0.25) is 0 Å². The molecule has 0 aliphatic heterocycles. The molecule has 18 heavy (non-hydrogen) atoms. The highest BCUT2D eigenvalue weighted by Crippen LogP contribution is 2.29. The summed E-state index contributed by atoms with van der Waals surface area (Å²) < 4.78 is 10.7. The monoisotopic (exact) mass is 245 g/mol. The van der Waals surface area contributed by atoms with Crippen LogP contribution in [-0.2, 0) is 0 Å². The smallest absolute Gasteiger partial charge is 0.223 e. The number of rotatable bonds is 4. The Morgan fingerprint density at radius 2 is 1.89 bits per heavy atom. The van der Waals surface area contributed by atoms with Crippen molar-refractivity contribution >= 4 is 0 Å². The molecule has 1 aromatic heterocycles. The van der Waals surface area contributed by atoms with Gasteiger partial charge >= 0.3 is 0 Å². The summed E-state index contributed by atoms with van der Waals surface area (Å²) >= 11 is 0. The lowest BCUT2D eigenvalue weighted by atomic mass is 10.1. The minimum absolute atomic E-state index is 0.567. The van der Waals surface area contributed by atoms with Crippen LogP contribution in [0, 0.1) is 27.7 Å². The van der Waals surface area contributed by atoms with E-state index in [4.69, 9.17) is 9.26 Å². The van der Waals surface area contributed by atoms with Crippen molar-refractivity contribution in [1.29, 1.82) is 0 Å². The molecule has 2 rings (SSSR count). The van der Waals surface area contributed by atoms with Gasteiger partial charge in [0, 0.05) is 12.5 Å². The summed E-state index contributed by atoms with van der Waals surface area (Å²) in [7, 11) is 0. The molecule has 0 unspecified atom stereocenters. The predicted molar refractivity (Wildman–Crippen MR) is 69.4 cm³/mol. The highest BCUT2D eigenvalue weighted by atomic mass is 16.5. The van der Waals surface area contributed by atoms with Crippen molar-refractivity contribution in [2.45, 2.75) is 27.2 Å². The van der Waals surface area contributed by atoms with Crippen molar-refractivity contribution < 1.29 is 9.26 Å². The topological polar surface area (TPSA) is 48.2 Å². The molecular formula is C14H17N2O2. The zero-order valence-electron chi connectivity index (χ0n) is 11.0. The number of ether oxygens (including phenoxy) is 1. The van der Waals surface area contributed by atoms with Gasteiger partial charge in [0.05, 0.1) is 6.61 Å². The summed E-state index contributed by atoms with van der Waals surface area (Å²) in [5.41, 5.74) is 3.09. The van der Waals surface area contributed by atoms with Crippen molar-refractivity contribution in [3.05, 3.63) is 36.1 Å². The highest BCUT2D eigenvalue weighted by molar-refractivity contribution is 5.60. The molecule has 1 radical (unpaired) electrons. The van der Waals surface area contributed by atoms with Crippen LogP contribution < -0.4 is 4.74 Å². The lowest BCUT2D eigenvalue weighted by molar-refractivity contribution is 0.320. The molecule has 4 nitrogen and oxygen atoms in total. The van der Waals surface area contributed by atoms with Gasteiger partial charge < -0.3 is 9.26 Å². The van der Waals surface area contributed by atoms with Gasteiger partial charge in [0.1, 0.15) is 5.75 Å². The SMILES string of the molecule is [CH2]CCOc1c(C)cc(-c2noc(C)n2)cc1C. The average molecular weight is 245 g/mol. The third kappa shape index (κ3) is 2.53. The first-order valence-corrected chi connectivity index (χ1v) is 5.96. The molecule has 0 fully saturated rings. The van der Waals surface area contributed by atoms with Crippen LogP contribution in [0.5, 0.6) is 5.75 Å². The van der Waals surface area contributed by atoms with E-state index in [1.54, 1.807) is 6.92 Å². The molecule has 0 aliphatic carbocycles. The van der Waals surface area contributed by atoms with Crippen molar-refractivity contribution in [2.24, 2.45) is 0 Å². The Labute approximate surface area is 107 Å². The van der Waals surface area contributed by atoms with Gasteiger partial charge in [0.25, 0.3) is 0 Å². The first kappa shape index (κ1) is 12.6. The molecule has 0 saturated carbocycles. The fourth-order valence-corrected chi connectivity index (χ4v) is 1.90. The minimum atomic E-state index is 0.567. The predicted octanol–water partition coefficient (Wildman–Crippen LogP) is 3.26. The number of aryl methyl sites for hydroxylation is 3. The molecule has 0 bridgehead atoms. The van der Waals surface area contributed by atoms with Gasteiger partial charge in [-0.15, -0.1) is 0 Å². The molecule has 4 heteroatoms. The second-order valence-corrected chi connectivity index (χ2v) is 4.28. The van der Waals surface area contributed by atoms with E-state index in [1.165, 1.54) is 0 Å². The molecule has 1 aromatic carbocycles. The van der Waals surface area contributed by atoms with Crippen LogP contribution in [0.4, 0.5) is 0 Å². The summed E-state index contributed by atoms with van der Waals surface area (Å²) in [4.78, 5) is 4.23. The first-order valence-electron chi connectivity index (χ1n) is 5.96. The van der Waals surface area contributed by atoms with Crippen molar-refractivity contribution in [2.75, 3.05) is 6.61 Å². The molecule has 0 amide bonds. The molecule has 0 atom stereocenters. The summed E-state index contributed by atoms with van der Waals surface area (Å²) in [6.07, 6.45) is 0.755.